The van der Waals surface area contributed by atoms with Gasteiger partial charge in [-0.1, -0.05) is 18.2 Å². The summed E-state index contributed by atoms with van der Waals surface area (Å²) in [6, 6.07) is 2.60. The van der Waals surface area contributed by atoms with Gasteiger partial charge in [-0.3, -0.25) is 0 Å². The lowest BCUT2D eigenvalue weighted by Gasteiger charge is -2.30. The van der Waals surface area contributed by atoms with Gasteiger partial charge in [0.05, 0.1) is 7.11 Å². The van der Waals surface area contributed by atoms with Gasteiger partial charge >= 0.3 is 0 Å². The minimum atomic E-state index is -1.98. The number of allylic oxidation sites excluding steroid dienone is 4. The minimum Gasteiger partial charge on any atom is -0.518 e. The normalized spacial score (nSPS) is 10.3. The Morgan fingerprint density at radius 1 is 1.00 bits per heavy atom. The number of ether oxygens (including phenoxy) is 1. The van der Waals surface area contributed by atoms with Crippen molar-refractivity contribution >= 4 is 8.32 Å². The van der Waals surface area contributed by atoms with E-state index >= 15 is 0 Å². The fraction of sp³-hybridized carbons (Fsp3) is 0.429. The van der Waals surface area contributed by atoms with Gasteiger partial charge in [0.15, 0.2) is 0 Å². The molecule has 0 aliphatic heterocycles. The molecule has 0 fully saturated rings. The summed E-state index contributed by atoms with van der Waals surface area (Å²) in [7, 11) is -0.343. The van der Waals surface area contributed by atoms with Crippen molar-refractivity contribution in [2.24, 2.45) is 0 Å². The maximum Gasteiger partial charge on any atom is 0.266 e. The summed E-state index contributed by atoms with van der Waals surface area (Å²) in [5, 5.41) is 0. The van der Waals surface area contributed by atoms with Crippen LogP contribution in [0, 0.1) is 0 Å². The van der Waals surface area contributed by atoms with Crippen molar-refractivity contribution in [3.63, 3.8) is 0 Å². The van der Waals surface area contributed by atoms with E-state index in [0.29, 0.717) is 5.95 Å². The van der Waals surface area contributed by atoms with E-state index in [1.165, 1.54) is 0 Å². The van der Waals surface area contributed by atoms with Gasteiger partial charge < -0.3 is 9.16 Å². The summed E-state index contributed by atoms with van der Waals surface area (Å²) >= 11 is 0. The molecule has 0 aromatic rings. The summed E-state index contributed by atoms with van der Waals surface area (Å²) in [6.07, 6.45) is 5.74. The van der Waals surface area contributed by atoms with E-state index in [2.05, 4.69) is 19.7 Å². The van der Waals surface area contributed by atoms with Crippen LogP contribution in [0.1, 0.15) is 13.8 Å². The molecule has 3 heteroatoms. The van der Waals surface area contributed by atoms with Crippen LogP contribution >= 0.6 is 0 Å². The molecule has 17 heavy (non-hydrogen) atoms. The third-order valence-electron chi connectivity index (χ3n) is 2.45. The van der Waals surface area contributed by atoms with Gasteiger partial charge in [0.2, 0.25) is 0 Å². The largest absolute Gasteiger partial charge is 0.518 e. The van der Waals surface area contributed by atoms with Crippen LogP contribution in [0.5, 0.6) is 0 Å². The Bertz CT molecular complexity index is 275. The first-order valence-corrected chi connectivity index (χ1v) is 8.31. The topological polar surface area (TPSA) is 18.5 Å². The van der Waals surface area contributed by atoms with Gasteiger partial charge in [-0.2, -0.15) is 0 Å². The Hall–Kier alpha value is -1.22. The lowest BCUT2D eigenvalue weighted by molar-refractivity contribution is 0.140. The SMILES string of the molecule is C=CC[Si](CC=C)(CC=C)OC(OC)=C(C)C. The van der Waals surface area contributed by atoms with Gasteiger partial charge in [0.1, 0.15) is 0 Å². The van der Waals surface area contributed by atoms with E-state index in [1.54, 1.807) is 7.11 Å². The van der Waals surface area contributed by atoms with Crippen molar-refractivity contribution in [1.29, 1.82) is 0 Å². The van der Waals surface area contributed by atoms with E-state index in [4.69, 9.17) is 9.16 Å². The molecule has 0 saturated heterocycles. The van der Waals surface area contributed by atoms with Crippen LogP contribution in [-0.2, 0) is 9.16 Å². The average molecular weight is 252 g/mol. The molecule has 0 spiro atoms. The number of hydrogen-bond donors (Lipinski definition) is 0. The zero-order valence-corrected chi connectivity index (χ0v) is 12.3. The molecular formula is C14H24O2Si. The summed E-state index contributed by atoms with van der Waals surface area (Å²) in [5.41, 5.74) is 1.04. The van der Waals surface area contributed by atoms with Crippen LogP contribution in [0.3, 0.4) is 0 Å². The van der Waals surface area contributed by atoms with Crippen LogP contribution in [0.4, 0.5) is 0 Å². The maximum absolute atomic E-state index is 6.15. The molecule has 96 valence electrons. The molecule has 0 saturated carbocycles. The third kappa shape index (κ3) is 5.09. The van der Waals surface area contributed by atoms with Crippen molar-refractivity contribution in [3.8, 4) is 0 Å². The highest BCUT2D eigenvalue weighted by Gasteiger charge is 2.34. The standard InChI is InChI=1S/C14H24O2Si/c1-7-10-17(11-8-2,12-9-3)16-14(15-6)13(4)5/h7-9H,1-3,10-12H2,4-6H3. The highest BCUT2D eigenvalue weighted by molar-refractivity contribution is 6.75. The van der Waals surface area contributed by atoms with Crippen molar-refractivity contribution < 1.29 is 9.16 Å². The predicted molar refractivity (Wildman–Crippen MR) is 77.2 cm³/mol. The smallest absolute Gasteiger partial charge is 0.266 e. The molecule has 0 radical (unpaired) electrons. The molecule has 0 rings (SSSR count). The van der Waals surface area contributed by atoms with Crippen LogP contribution in [-0.4, -0.2) is 15.4 Å². The third-order valence-corrected chi connectivity index (χ3v) is 6.17. The van der Waals surface area contributed by atoms with Crippen molar-refractivity contribution in [2.75, 3.05) is 7.11 Å². The Labute approximate surface area is 106 Å². The Morgan fingerprint density at radius 3 is 1.65 bits per heavy atom. The first-order valence-electron chi connectivity index (χ1n) is 5.78. The zero-order valence-electron chi connectivity index (χ0n) is 11.3. The molecule has 0 aliphatic rings. The van der Waals surface area contributed by atoms with Gasteiger partial charge in [0, 0.05) is 5.57 Å². The second-order valence-electron chi connectivity index (χ2n) is 4.26. The van der Waals surface area contributed by atoms with Crippen LogP contribution in [0.25, 0.3) is 0 Å². The van der Waals surface area contributed by atoms with E-state index in [1.807, 2.05) is 32.1 Å². The molecule has 0 amide bonds. The van der Waals surface area contributed by atoms with Crippen molar-refractivity contribution in [1.82, 2.24) is 0 Å². The van der Waals surface area contributed by atoms with Gasteiger partial charge in [-0.05, 0) is 32.0 Å². The Kier molecular flexibility index (Phi) is 7.38. The molecule has 0 bridgehead atoms. The molecule has 0 aromatic heterocycles. The predicted octanol–water partition coefficient (Wildman–Crippen LogP) is 4.40. The Morgan fingerprint density at radius 2 is 1.41 bits per heavy atom. The lowest BCUT2D eigenvalue weighted by Crippen LogP contribution is -2.36. The molecule has 0 heterocycles. The molecule has 0 aliphatic carbocycles. The summed E-state index contributed by atoms with van der Waals surface area (Å²) in [4.78, 5) is 0. The zero-order chi connectivity index (χ0) is 13.3. The summed E-state index contributed by atoms with van der Waals surface area (Å²) < 4.78 is 11.4. The second kappa shape index (κ2) is 7.95. The monoisotopic (exact) mass is 252 g/mol. The van der Waals surface area contributed by atoms with E-state index < -0.39 is 8.32 Å². The molecule has 0 aromatic carbocycles. The van der Waals surface area contributed by atoms with E-state index in [9.17, 15) is 0 Å². The fourth-order valence-corrected chi connectivity index (χ4v) is 4.72. The van der Waals surface area contributed by atoms with Gasteiger partial charge in [0.25, 0.3) is 14.3 Å². The molecule has 0 N–H and O–H groups in total. The molecular weight excluding hydrogens is 228 g/mol. The average Bonchev–Trinajstić information content (AvgIpc) is 2.26. The number of hydrogen-bond acceptors (Lipinski definition) is 2. The first kappa shape index (κ1) is 15.8. The van der Waals surface area contributed by atoms with Crippen LogP contribution < -0.4 is 0 Å². The highest BCUT2D eigenvalue weighted by Crippen LogP contribution is 2.28. The molecule has 2 nitrogen and oxygen atoms in total. The minimum absolute atomic E-state index is 0.627. The fourth-order valence-electron chi connectivity index (χ4n) is 1.71. The van der Waals surface area contributed by atoms with Gasteiger partial charge in [-0.25, -0.2) is 0 Å². The Balaban J connectivity index is 5.12. The second-order valence-corrected chi connectivity index (χ2v) is 8.05. The van der Waals surface area contributed by atoms with Crippen LogP contribution in [0.2, 0.25) is 18.1 Å². The quantitative estimate of drug-likeness (QED) is 0.344. The molecule has 0 atom stereocenters. The summed E-state index contributed by atoms with van der Waals surface area (Å²) in [5.74, 6) is 0.627. The van der Waals surface area contributed by atoms with Crippen molar-refractivity contribution in [3.05, 3.63) is 49.5 Å². The van der Waals surface area contributed by atoms with Gasteiger partial charge in [-0.15, -0.1) is 19.7 Å². The maximum atomic E-state index is 6.15. The van der Waals surface area contributed by atoms with E-state index in [0.717, 1.165) is 23.7 Å². The number of rotatable bonds is 9. The van der Waals surface area contributed by atoms with Crippen molar-refractivity contribution in [2.45, 2.75) is 32.0 Å². The van der Waals surface area contributed by atoms with E-state index in [-0.39, 0.29) is 0 Å². The first-order chi connectivity index (χ1) is 8.05. The van der Waals surface area contributed by atoms with Crippen LogP contribution in [0.15, 0.2) is 49.5 Å². The highest BCUT2D eigenvalue weighted by atomic mass is 28.4. The summed E-state index contributed by atoms with van der Waals surface area (Å²) in [6.45, 7) is 15.4. The molecule has 0 unspecified atom stereocenters. The number of methoxy groups -OCH3 is 1. The lowest BCUT2D eigenvalue weighted by atomic mass is 10.4.